The molecule has 0 amide bonds. The van der Waals surface area contributed by atoms with E-state index in [4.69, 9.17) is 5.11 Å². The monoisotopic (exact) mass is 611 g/mol. The molecule has 3 heteroatoms. The van der Waals surface area contributed by atoms with Gasteiger partial charge in [0.25, 0.3) is 0 Å². The summed E-state index contributed by atoms with van der Waals surface area (Å²) in [6.45, 7) is 6.79. The van der Waals surface area contributed by atoms with Crippen molar-refractivity contribution in [3.05, 3.63) is 0 Å². The predicted molar refractivity (Wildman–Crippen MR) is 192 cm³/mol. The number of carboxylic acids is 1. The SMILES string of the molecule is CCCCCCCCCCCC(O)CCCCCC.CCCCCCCCCCCCCCCCCCCCCC(=O)O. The van der Waals surface area contributed by atoms with Gasteiger partial charge >= 0.3 is 5.97 Å². The molecule has 0 aromatic rings. The van der Waals surface area contributed by atoms with E-state index in [2.05, 4.69) is 20.8 Å². The highest BCUT2D eigenvalue weighted by atomic mass is 16.4. The van der Waals surface area contributed by atoms with E-state index >= 15 is 0 Å². The van der Waals surface area contributed by atoms with Gasteiger partial charge in [0.1, 0.15) is 0 Å². The van der Waals surface area contributed by atoms with Gasteiger partial charge in [0.2, 0.25) is 0 Å². The van der Waals surface area contributed by atoms with Crippen molar-refractivity contribution in [1.82, 2.24) is 0 Å². The summed E-state index contributed by atoms with van der Waals surface area (Å²) in [5, 5.41) is 18.4. The van der Waals surface area contributed by atoms with Crippen molar-refractivity contribution >= 4 is 5.97 Å². The zero-order chi connectivity index (χ0) is 31.9. The third kappa shape index (κ3) is 46.0. The molecular weight excluding hydrogens is 528 g/mol. The average Bonchev–Trinajstić information content (AvgIpc) is 3.00. The Bertz CT molecular complexity index is 492. The molecule has 260 valence electrons. The van der Waals surface area contributed by atoms with Crippen LogP contribution in [-0.4, -0.2) is 22.3 Å². The van der Waals surface area contributed by atoms with Gasteiger partial charge in [0.15, 0.2) is 0 Å². The lowest BCUT2D eigenvalue weighted by atomic mass is 10.0. The summed E-state index contributed by atoms with van der Waals surface area (Å²) in [4.78, 5) is 10.4. The molecule has 3 nitrogen and oxygen atoms in total. The molecule has 0 saturated carbocycles. The Labute approximate surface area is 272 Å². The first-order chi connectivity index (χ1) is 21.1. The van der Waals surface area contributed by atoms with Crippen LogP contribution in [0.2, 0.25) is 0 Å². The Morgan fingerprint density at radius 3 is 0.837 bits per heavy atom. The maximum Gasteiger partial charge on any atom is 0.303 e. The molecule has 0 radical (unpaired) electrons. The van der Waals surface area contributed by atoms with Crippen molar-refractivity contribution in [1.29, 1.82) is 0 Å². The topological polar surface area (TPSA) is 57.5 Å². The van der Waals surface area contributed by atoms with E-state index in [1.165, 1.54) is 193 Å². The third-order valence-electron chi connectivity index (χ3n) is 9.03. The van der Waals surface area contributed by atoms with Crippen molar-refractivity contribution in [2.75, 3.05) is 0 Å². The van der Waals surface area contributed by atoms with Crippen LogP contribution in [0.25, 0.3) is 0 Å². The minimum Gasteiger partial charge on any atom is -0.481 e. The van der Waals surface area contributed by atoms with E-state index in [9.17, 15) is 9.90 Å². The summed E-state index contributed by atoms with van der Waals surface area (Å²) in [5.41, 5.74) is 0. The maximum absolute atomic E-state index is 10.4. The normalized spacial score (nSPS) is 11.8. The van der Waals surface area contributed by atoms with Crippen molar-refractivity contribution < 1.29 is 15.0 Å². The Balaban J connectivity index is 0. The largest absolute Gasteiger partial charge is 0.481 e. The van der Waals surface area contributed by atoms with Gasteiger partial charge in [-0.2, -0.15) is 0 Å². The average molecular weight is 611 g/mol. The van der Waals surface area contributed by atoms with E-state index in [1.807, 2.05) is 0 Å². The molecule has 0 aliphatic rings. The molecule has 0 aromatic heterocycles. The second kappa shape index (κ2) is 41.4. The third-order valence-corrected chi connectivity index (χ3v) is 9.03. The molecule has 0 rings (SSSR count). The highest BCUT2D eigenvalue weighted by Crippen LogP contribution is 2.16. The maximum atomic E-state index is 10.4. The number of carboxylic acid groups (broad SMARTS) is 1. The van der Waals surface area contributed by atoms with Crippen molar-refractivity contribution in [2.45, 2.75) is 252 Å². The molecular formula is C40H82O3. The second-order valence-electron chi connectivity index (χ2n) is 13.6. The lowest BCUT2D eigenvalue weighted by Crippen LogP contribution is -2.05. The fourth-order valence-electron chi connectivity index (χ4n) is 6.00. The first-order valence-corrected chi connectivity index (χ1v) is 20.0. The van der Waals surface area contributed by atoms with Crippen molar-refractivity contribution in [2.24, 2.45) is 0 Å². The summed E-state index contributed by atoms with van der Waals surface area (Å²) >= 11 is 0. The molecule has 0 aliphatic carbocycles. The van der Waals surface area contributed by atoms with E-state index in [0.717, 1.165) is 25.7 Å². The van der Waals surface area contributed by atoms with E-state index in [-0.39, 0.29) is 6.10 Å². The summed E-state index contributed by atoms with van der Waals surface area (Å²) in [6, 6.07) is 0. The summed E-state index contributed by atoms with van der Waals surface area (Å²) in [7, 11) is 0. The van der Waals surface area contributed by atoms with Crippen LogP contribution in [0, 0.1) is 0 Å². The highest BCUT2D eigenvalue weighted by molar-refractivity contribution is 5.66. The minimum atomic E-state index is -0.651. The zero-order valence-electron chi connectivity index (χ0n) is 30.1. The van der Waals surface area contributed by atoms with E-state index < -0.39 is 5.97 Å². The number of unbranched alkanes of at least 4 members (excludes halogenated alkanes) is 29. The second-order valence-corrected chi connectivity index (χ2v) is 13.6. The number of aliphatic hydroxyl groups is 1. The van der Waals surface area contributed by atoms with Gasteiger partial charge in [0.05, 0.1) is 6.10 Å². The molecule has 2 N–H and O–H groups in total. The molecule has 1 unspecified atom stereocenters. The lowest BCUT2D eigenvalue weighted by Gasteiger charge is -2.10. The quantitative estimate of drug-likeness (QED) is 0.0702. The van der Waals surface area contributed by atoms with Crippen LogP contribution in [0.3, 0.4) is 0 Å². The molecule has 0 aromatic carbocycles. The van der Waals surface area contributed by atoms with Crippen LogP contribution in [0.1, 0.15) is 245 Å². The van der Waals surface area contributed by atoms with E-state index in [1.54, 1.807) is 0 Å². The number of aliphatic carboxylic acids is 1. The van der Waals surface area contributed by atoms with Crippen molar-refractivity contribution in [3.63, 3.8) is 0 Å². The Morgan fingerprint density at radius 1 is 0.372 bits per heavy atom. The fraction of sp³-hybridized carbons (Fsp3) is 0.975. The zero-order valence-corrected chi connectivity index (χ0v) is 30.1. The first-order valence-electron chi connectivity index (χ1n) is 20.0. The Hall–Kier alpha value is -0.570. The minimum absolute atomic E-state index is 0.0265. The van der Waals surface area contributed by atoms with Crippen LogP contribution < -0.4 is 0 Å². The molecule has 1 atom stereocenters. The first kappa shape index (κ1) is 44.6. The standard InChI is InChI=1S/C22H44O2.C18H38O/c1-2-3-4-5-6-7-8-9-10-11-12-13-14-15-16-17-18-19-20-21-22(23)24;1-3-5-7-9-10-11-12-13-15-17-18(19)16-14-8-6-4-2/h2-21H2,1H3,(H,23,24);18-19H,3-17H2,1-2H3. The number of carbonyl (C=O) groups is 1. The van der Waals surface area contributed by atoms with Crippen LogP contribution >= 0.6 is 0 Å². The number of hydrogen-bond acceptors (Lipinski definition) is 2. The molecule has 0 heterocycles. The lowest BCUT2D eigenvalue weighted by molar-refractivity contribution is -0.137. The van der Waals surface area contributed by atoms with Gasteiger partial charge in [-0.3, -0.25) is 4.79 Å². The Kier molecular flexibility index (Phi) is 42.9. The number of hydrogen-bond donors (Lipinski definition) is 2. The molecule has 0 saturated heterocycles. The fourth-order valence-corrected chi connectivity index (χ4v) is 6.00. The van der Waals surface area contributed by atoms with Gasteiger partial charge < -0.3 is 10.2 Å². The molecule has 43 heavy (non-hydrogen) atoms. The van der Waals surface area contributed by atoms with Gasteiger partial charge in [0, 0.05) is 6.42 Å². The van der Waals surface area contributed by atoms with Gasteiger partial charge in [-0.15, -0.1) is 0 Å². The van der Waals surface area contributed by atoms with Gasteiger partial charge in [-0.05, 0) is 19.3 Å². The smallest absolute Gasteiger partial charge is 0.303 e. The van der Waals surface area contributed by atoms with E-state index in [0.29, 0.717) is 6.42 Å². The summed E-state index contributed by atoms with van der Waals surface area (Å²) in [5.74, 6) is -0.651. The summed E-state index contributed by atoms with van der Waals surface area (Å²) in [6.07, 6.45) is 45.6. The molecule has 0 aliphatic heterocycles. The highest BCUT2D eigenvalue weighted by Gasteiger charge is 2.03. The van der Waals surface area contributed by atoms with Crippen LogP contribution in [0.4, 0.5) is 0 Å². The number of aliphatic hydroxyl groups excluding tert-OH is 1. The molecule has 0 spiro atoms. The van der Waals surface area contributed by atoms with Crippen LogP contribution in [0.5, 0.6) is 0 Å². The number of rotatable bonds is 35. The van der Waals surface area contributed by atoms with Gasteiger partial charge in [-0.1, -0.05) is 220 Å². The van der Waals surface area contributed by atoms with Crippen LogP contribution in [-0.2, 0) is 4.79 Å². The van der Waals surface area contributed by atoms with Crippen molar-refractivity contribution in [3.8, 4) is 0 Å². The van der Waals surface area contributed by atoms with Crippen LogP contribution in [0.15, 0.2) is 0 Å². The molecule has 0 bridgehead atoms. The van der Waals surface area contributed by atoms with Gasteiger partial charge in [-0.25, -0.2) is 0 Å². The Morgan fingerprint density at radius 2 is 0.581 bits per heavy atom. The molecule has 0 fully saturated rings. The predicted octanol–water partition coefficient (Wildman–Crippen LogP) is 14.1. The summed E-state index contributed by atoms with van der Waals surface area (Å²) < 4.78 is 0.